The molecule has 0 spiro atoms. The van der Waals surface area contributed by atoms with Crippen LogP contribution in [0.2, 0.25) is 4.34 Å². The molecule has 0 radical (unpaired) electrons. The monoisotopic (exact) mass is 327 g/mol. The highest BCUT2D eigenvalue weighted by molar-refractivity contribution is 7.16. The van der Waals surface area contributed by atoms with Crippen molar-refractivity contribution in [3.05, 3.63) is 57.0 Å². The van der Waals surface area contributed by atoms with Crippen molar-refractivity contribution in [2.75, 3.05) is 13.6 Å². The Bertz CT molecular complexity index is 589. The summed E-state index contributed by atoms with van der Waals surface area (Å²) in [7, 11) is 1.98. The first-order valence-corrected chi connectivity index (χ1v) is 8.02. The highest BCUT2D eigenvalue weighted by Gasteiger charge is 2.20. The van der Waals surface area contributed by atoms with Crippen molar-refractivity contribution in [2.24, 2.45) is 5.92 Å². The van der Waals surface area contributed by atoms with E-state index in [-0.39, 0.29) is 11.7 Å². The summed E-state index contributed by atoms with van der Waals surface area (Å²) in [5.74, 6) is -0.424. The van der Waals surface area contributed by atoms with Gasteiger partial charge >= 0.3 is 0 Å². The lowest BCUT2D eigenvalue weighted by atomic mass is 9.96. The van der Waals surface area contributed by atoms with Crippen molar-refractivity contribution in [2.45, 2.75) is 19.6 Å². The van der Waals surface area contributed by atoms with Gasteiger partial charge in [0.1, 0.15) is 5.82 Å². The first-order chi connectivity index (χ1) is 9.97. The third-order valence-electron chi connectivity index (χ3n) is 3.42. The molecule has 2 atom stereocenters. The maximum atomic E-state index is 13.7. The zero-order chi connectivity index (χ0) is 15.4. The molecule has 21 heavy (non-hydrogen) atoms. The molecule has 0 saturated carbocycles. The molecule has 0 aliphatic carbocycles. The van der Waals surface area contributed by atoms with E-state index in [1.54, 1.807) is 29.5 Å². The first kappa shape index (κ1) is 16.4. The maximum Gasteiger partial charge on any atom is 0.129 e. The van der Waals surface area contributed by atoms with Crippen LogP contribution in [0.4, 0.5) is 4.39 Å². The Labute approximate surface area is 133 Å². The number of hydrogen-bond acceptors (Lipinski definition) is 3. The quantitative estimate of drug-likeness (QED) is 0.853. The lowest BCUT2D eigenvalue weighted by Crippen LogP contribution is -2.27. The number of aliphatic hydroxyl groups is 1. The van der Waals surface area contributed by atoms with E-state index in [4.69, 9.17) is 11.6 Å². The van der Waals surface area contributed by atoms with Crippen LogP contribution >= 0.6 is 22.9 Å². The number of benzene rings is 1. The maximum absolute atomic E-state index is 13.7. The van der Waals surface area contributed by atoms with Crippen LogP contribution in [-0.2, 0) is 6.54 Å². The second-order valence-corrected chi connectivity index (χ2v) is 7.15. The number of thiophene rings is 1. The van der Waals surface area contributed by atoms with Crippen molar-refractivity contribution >= 4 is 22.9 Å². The Morgan fingerprint density at radius 2 is 2.00 bits per heavy atom. The zero-order valence-electron chi connectivity index (χ0n) is 12.1. The second kappa shape index (κ2) is 7.36. The SMILES string of the molecule is CC(CN(C)Cc1ccc(Cl)s1)C(O)c1ccccc1F. The third-order valence-corrected chi connectivity index (χ3v) is 4.63. The van der Waals surface area contributed by atoms with Gasteiger partial charge < -0.3 is 10.0 Å². The first-order valence-electron chi connectivity index (χ1n) is 6.82. The predicted molar refractivity (Wildman–Crippen MR) is 86.2 cm³/mol. The highest BCUT2D eigenvalue weighted by atomic mass is 35.5. The van der Waals surface area contributed by atoms with Gasteiger partial charge in [-0.25, -0.2) is 4.39 Å². The molecule has 0 saturated heterocycles. The average molecular weight is 328 g/mol. The van der Waals surface area contributed by atoms with Crippen LogP contribution < -0.4 is 0 Å². The van der Waals surface area contributed by atoms with Crippen LogP contribution in [-0.4, -0.2) is 23.6 Å². The number of halogens is 2. The van der Waals surface area contributed by atoms with Gasteiger partial charge in [-0.05, 0) is 31.2 Å². The molecule has 0 bridgehead atoms. The Kier molecular flexibility index (Phi) is 5.76. The van der Waals surface area contributed by atoms with E-state index in [9.17, 15) is 9.50 Å². The van der Waals surface area contributed by atoms with E-state index in [0.717, 1.165) is 10.9 Å². The number of nitrogens with zero attached hydrogens (tertiary/aromatic N) is 1. The van der Waals surface area contributed by atoms with Crippen LogP contribution in [0.5, 0.6) is 0 Å². The molecule has 0 amide bonds. The number of rotatable bonds is 6. The van der Waals surface area contributed by atoms with Crippen molar-refractivity contribution < 1.29 is 9.50 Å². The Morgan fingerprint density at radius 3 is 2.62 bits per heavy atom. The fourth-order valence-electron chi connectivity index (χ4n) is 2.38. The largest absolute Gasteiger partial charge is 0.388 e. The van der Waals surface area contributed by atoms with Gasteiger partial charge in [-0.3, -0.25) is 0 Å². The van der Waals surface area contributed by atoms with Gasteiger partial charge in [-0.2, -0.15) is 0 Å². The molecular weight excluding hydrogens is 309 g/mol. The molecule has 0 aliphatic heterocycles. The molecule has 1 heterocycles. The van der Waals surface area contributed by atoms with Gasteiger partial charge in [0.05, 0.1) is 10.4 Å². The Hall–Kier alpha value is -0.940. The van der Waals surface area contributed by atoms with Gasteiger partial charge in [0.2, 0.25) is 0 Å². The van der Waals surface area contributed by atoms with E-state index in [1.165, 1.54) is 10.9 Å². The minimum Gasteiger partial charge on any atom is -0.388 e. The van der Waals surface area contributed by atoms with Gasteiger partial charge in [0, 0.05) is 23.5 Å². The minimum absolute atomic E-state index is 0.0673. The summed E-state index contributed by atoms with van der Waals surface area (Å²) in [5, 5.41) is 10.3. The molecule has 0 fully saturated rings. The predicted octanol–water partition coefficient (Wildman–Crippen LogP) is 4.34. The molecule has 2 unspecified atom stereocenters. The molecule has 1 aromatic heterocycles. The summed E-state index contributed by atoms with van der Waals surface area (Å²) in [6, 6.07) is 10.3. The average Bonchev–Trinajstić information content (AvgIpc) is 2.83. The molecule has 5 heteroatoms. The number of hydrogen-bond donors (Lipinski definition) is 1. The van der Waals surface area contributed by atoms with Gasteiger partial charge in [0.15, 0.2) is 0 Å². The van der Waals surface area contributed by atoms with Crippen molar-refractivity contribution in [1.82, 2.24) is 4.90 Å². The van der Waals surface area contributed by atoms with Gasteiger partial charge in [-0.1, -0.05) is 36.7 Å². The van der Waals surface area contributed by atoms with Crippen molar-refractivity contribution in [3.8, 4) is 0 Å². The van der Waals surface area contributed by atoms with Gasteiger partial charge in [-0.15, -0.1) is 11.3 Å². The van der Waals surface area contributed by atoms with E-state index < -0.39 is 6.10 Å². The summed E-state index contributed by atoms with van der Waals surface area (Å²) in [4.78, 5) is 3.28. The fraction of sp³-hybridized carbons (Fsp3) is 0.375. The summed E-state index contributed by atoms with van der Waals surface area (Å²) in [6.45, 7) is 3.37. The van der Waals surface area contributed by atoms with Crippen LogP contribution in [0.1, 0.15) is 23.5 Å². The summed E-state index contributed by atoms with van der Waals surface area (Å²) >= 11 is 7.47. The van der Waals surface area contributed by atoms with Crippen molar-refractivity contribution in [3.63, 3.8) is 0 Å². The molecule has 2 nitrogen and oxygen atoms in total. The summed E-state index contributed by atoms with van der Waals surface area (Å²) < 4.78 is 14.5. The Morgan fingerprint density at radius 1 is 1.29 bits per heavy atom. The molecule has 1 aromatic carbocycles. The van der Waals surface area contributed by atoms with Crippen LogP contribution in [0.25, 0.3) is 0 Å². The van der Waals surface area contributed by atoms with Crippen molar-refractivity contribution in [1.29, 1.82) is 0 Å². The molecule has 2 aromatic rings. The topological polar surface area (TPSA) is 23.5 Å². The fourth-order valence-corrected chi connectivity index (χ4v) is 3.55. The van der Waals surface area contributed by atoms with E-state index >= 15 is 0 Å². The van der Waals surface area contributed by atoms with Crippen LogP contribution in [0.15, 0.2) is 36.4 Å². The van der Waals surface area contributed by atoms with E-state index in [2.05, 4.69) is 4.90 Å². The van der Waals surface area contributed by atoms with E-state index in [0.29, 0.717) is 12.1 Å². The lowest BCUT2D eigenvalue weighted by molar-refractivity contribution is 0.0904. The normalized spacial score (nSPS) is 14.4. The van der Waals surface area contributed by atoms with Crippen LogP contribution in [0, 0.1) is 11.7 Å². The third kappa shape index (κ3) is 4.51. The second-order valence-electron chi connectivity index (χ2n) is 5.35. The van der Waals surface area contributed by atoms with Gasteiger partial charge in [0.25, 0.3) is 0 Å². The molecule has 0 aliphatic rings. The molecule has 2 rings (SSSR count). The lowest BCUT2D eigenvalue weighted by Gasteiger charge is -2.25. The molecule has 1 N–H and O–H groups in total. The highest BCUT2D eigenvalue weighted by Crippen LogP contribution is 2.26. The smallest absolute Gasteiger partial charge is 0.129 e. The molecular formula is C16H19ClFNOS. The Balaban J connectivity index is 1.94. The standard InChI is InChI=1S/C16H19ClFNOS/c1-11(16(20)13-5-3-4-6-14(13)18)9-19(2)10-12-7-8-15(17)21-12/h3-8,11,16,20H,9-10H2,1-2H3. The van der Waals surface area contributed by atoms with Crippen LogP contribution in [0.3, 0.4) is 0 Å². The summed E-state index contributed by atoms with van der Waals surface area (Å²) in [5.41, 5.74) is 0.359. The minimum atomic E-state index is -0.805. The number of aliphatic hydroxyl groups excluding tert-OH is 1. The summed E-state index contributed by atoms with van der Waals surface area (Å²) in [6.07, 6.45) is -0.805. The molecule has 114 valence electrons. The van der Waals surface area contributed by atoms with E-state index in [1.807, 2.05) is 26.1 Å². The zero-order valence-corrected chi connectivity index (χ0v) is 13.7.